The zero-order chi connectivity index (χ0) is 7.72. The number of hydrogen-bond acceptors (Lipinski definition) is 4. The molecule has 4 nitrogen and oxygen atoms in total. The summed E-state index contributed by atoms with van der Waals surface area (Å²) in [6.45, 7) is 1.30. The van der Waals surface area contributed by atoms with E-state index in [1.165, 1.54) is 0 Å². The van der Waals surface area contributed by atoms with Crippen molar-refractivity contribution in [3.63, 3.8) is 0 Å². The largest absolute Gasteiger partial charge is 0.394 e. The van der Waals surface area contributed by atoms with Crippen molar-refractivity contribution in [2.45, 2.75) is 25.2 Å². The Labute approximate surface area is 59.1 Å². The van der Waals surface area contributed by atoms with Gasteiger partial charge in [-0.15, -0.1) is 0 Å². The second kappa shape index (κ2) is 2.84. The molecule has 3 N–H and O–H groups in total. The van der Waals surface area contributed by atoms with Crippen LogP contribution in [0.2, 0.25) is 0 Å². The monoisotopic (exact) mass is 147 g/mol. The van der Waals surface area contributed by atoms with Crippen LogP contribution in [0.1, 0.15) is 6.92 Å². The molecule has 1 radical (unpaired) electrons. The first-order valence-electron chi connectivity index (χ1n) is 3.14. The Hall–Kier alpha value is -0.160. The highest BCUT2D eigenvalue weighted by atomic mass is 16.5. The Morgan fingerprint density at radius 3 is 2.30 bits per heavy atom. The average Bonchev–Trinajstić information content (AvgIpc) is 2.17. The van der Waals surface area contributed by atoms with E-state index in [9.17, 15) is 0 Å². The lowest BCUT2D eigenvalue weighted by Crippen LogP contribution is -2.32. The molecule has 0 bridgehead atoms. The number of ether oxygens (including phenoxy) is 1. The standard InChI is InChI=1S/C6H11O4/c1-3-5(8)6(9)4(2-7)10-3/h4-9H,2H2,1H3/t4-,5-,6-/m1/s1. The summed E-state index contributed by atoms with van der Waals surface area (Å²) in [7, 11) is 0. The number of aliphatic hydroxyl groups excluding tert-OH is 3. The lowest BCUT2D eigenvalue weighted by Gasteiger charge is -2.10. The summed E-state index contributed by atoms with van der Waals surface area (Å²) in [6, 6.07) is 0. The normalized spacial score (nSPS) is 42.6. The molecule has 0 aromatic heterocycles. The van der Waals surface area contributed by atoms with Gasteiger partial charge in [-0.3, -0.25) is 0 Å². The molecule has 1 heterocycles. The van der Waals surface area contributed by atoms with E-state index in [-0.39, 0.29) is 6.61 Å². The Kier molecular flexibility index (Phi) is 2.25. The fourth-order valence-corrected chi connectivity index (χ4v) is 0.967. The van der Waals surface area contributed by atoms with E-state index < -0.39 is 18.3 Å². The molecule has 0 aliphatic carbocycles. The van der Waals surface area contributed by atoms with Crippen LogP contribution in [-0.4, -0.2) is 40.2 Å². The van der Waals surface area contributed by atoms with Crippen molar-refractivity contribution in [3.05, 3.63) is 6.10 Å². The van der Waals surface area contributed by atoms with Crippen LogP contribution < -0.4 is 0 Å². The van der Waals surface area contributed by atoms with Gasteiger partial charge in [0, 0.05) is 0 Å². The van der Waals surface area contributed by atoms with E-state index in [0.717, 1.165) is 0 Å². The smallest absolute Gasteiger partial charge is 0.126 e. The zero-order valence-electron chi connectivity index (χ0n) is 5.69. The Bertz CT molecular complexity index is 116. The molecule has 3 atom stereocenters. The molecule has 0 spiro atoms. The van der Waals surface area contributed by atoms with Crippen molar-refractivity contribution in [3.8, 4) is 0 Å². The van der Waals surface area contributed by atoms with Gasteiger partial charge in [-0.1, -0.05) is 0 Å². The van der Waals surface area contributed by atoms with Gasteiger partial charge in [0.25, 0.3) is 0 Å². The molecule has 1 aliphatic rings. The predicted molar refractivity (Wildman–Crippen MR) is 32.9 cm³/mol. The van der Waals surface area contributed by atoms with E-state index in [1.54, 1.807) is 6.92 Å². The van der Waals surface area contributed by atoms with Crippen molar-refractivity contribution in [1.29, 1.82) is 0 Å². The third-order valence-electron chi connectivity index (χ3n) is 1.64. The summed E-state index contributed by atoms with van der Waals surface area (Å²) < 4.78 is 4.90. The Morgan fingerprint density at radius 2 is 2.10 bits per heavy atom. The highest BCUT2D eigenvalue weighted by Gasteiger charge is 2.40. The molecule has 1 saturated heterocycles. The van der Waals surface area contributed by atoms with Gasteiger partial charge in [0.1, 0.15) is 24.4 Å². The number of rotatable bonds is 1. The van der Waals surface area contributed by atoms with Gasteiger partial charge < -0.3 is 20.1 Å². The summed E-state index contributed by atoms with van der Waals surface area (Å²) in [5.74, 6) is 0. The Morgan fingerprint density at radius 1 is 1.50 bits per heavy atom. The zero-order valence-corrected chi connectivity index (χ0v) is 5.69. The molecule has 1 rings (SSSR count). The first kappa shape index (κ1) is 7.94. The maximum Gasteiger partial charge on any atom is 0.126 e. The summed E-state index contributed by atoms with van der Waals surface area (Å²) >= 11 is 0. The van der Waals surface area contributed by atoms with Crippen LogP contribution in [0.4, 0.5) is 0 Å². The fraction of sp³-hybridized carbons (Fsp3) is 0.833. The minimum Gasteiger partial charge on any atom is -0.394 e. The highest BCUT2D eigenvalue weighted by molar-refractivity contribution is 4.98. The van der Waals surface area contributed by atoms with Gasteiger partial charge in [0.2, 0.25) is 0 Å². The van der Waals surface area contributed by atoms with Crippen molar-refractivity contribution in [2.75, 3.05) is 6.61 Å². The number of aliphatic hydroxyl groups is 3. The molecule has 1 fully saturated rings. The minimum absolute atomic E-state index is 0.268. The van der Waals surface area contributed by atoms with Crippen molar-refractivity contribution >= 4 is 0 Å². The molecular weight excluding hydrogens is 136 g/mol. The van der Waals surface area contributed by atoms with Crippen LogP contribution in [0, 0.1) is 6.10 Å². The van der Waals surface area contributed by atoms with Crippen LogP contribution in [0.3, 0.4) is 0 Å². The SMILES string of the molecule is C[C]1O[C@H](CO)[C@@H](O)[C@@H]1O. The minimum atomic E-state index is -0.981. The second-order valence-corrected chi connectivity index (χ2v) is 2.38. The highest BCUT2D eigenvalue weighted by Crippen LogP contribution is 2.25. The lowest BCUT2D eigenvalue weighted by molar-refractivity contribution is -0.00508. The van der Waals surface area contributed by atoms with Crippen molar-refractivity contribution in [2.24, 2.45) is 0 Å². The quantitative estimate of drug-likeness (QED) is 0.429. The van der Waals surface area contributed by atoms with Gasteiger partial charge in [-0.25, -0.2) is 0 Å². The van der Waals surface area contributed by atoms with E-state index in [0.29, 0.717) is 6.10 Å². The molecular formula is C6H11O4. The van der Waals surface area contributed by atoms with Gasteiger partial charge in [0.15, 0.2) is 0 Å². The predicted octanol–water partition coefficient (Wildman–Crippen LogP) is -1.35. The molecule has 0 saturated carbocycles. The van der Waals surface area contributed by atoms with Gasteiger partial charge in [-0.05, 0) is 6.92 Å². The summed E-state index contributed by atoms with van der Waals surface area (Å²) in [5.41, 5.74) is 0. The molecule has 0 unspecified atom stereocenters. The van der Waals surface area contributed by atoms with Crippen LogP contribution >= 0.6 is 0 Å². The van der Waals surface area contributed by atoms with E-state index in [1.807, 2.05) is 0 Å². The van der Waals surface area contributed by atoms with E-state index in [2.05, 4.69) is 0 Å². The molecule has 1 aliphatic heterocycles. The van der Waals surface area contributed by atoms with E-state index >= 15 is 0 Å². The van der Waals surface area contributed by atoms with Crippen LogP contribution in [0.5, 0.6) is 0 Å². The topological polar surface area (TPSA) is 69.9 Å². The third-order valence-corrected chi connectivity index (χ3v) is 1.64. The molecule has 10 heavy (non-hydrogen) atoms. The van der Waals surface area contributed by atoms with E-state index in [4.69, 9.17) is 20.1 Å². The average molecular weight is 147 g/mol. The lowest BCUT2D eigenvalue weighted by atomic mass is 10.1. The maximum absolute atomic E-state index is 9.07. The molecule has 4 heteroatoms. The molecule has 0 aromatic carbocycles. The first-order valence-corrected chi connectivity index (χ1v) is 3.14. The summed E-state index contributed by atoms with van der Waals surface area (Å²) in [4.78, 5) is 0. The van der Waals surface area contributed by atoms with Crippen molar-refractivity contribution in [1.82, 2.24) is 0 Å². The van der Waals surface area contributed by atoms with Gasteiger partial charge >= 0.3 is 0 Å². The van der Waals surface area contributed by atoms with Crippen LogP contribution in [0.25, 0.3) is 0 Å². The first-order chi connectivity index (χ1) is 4.66. The molecule has 0 aromatic rings. The van der Waals surface area contributed by atoms with Gasteiger partial charge in [-0.2, -0.15) is 0 Å². The Balaban J connectivity index is 2.53. The second-order valence-electron chi connectivity index (χ2n) is 2.38. The fourth-order valence-electron chi connectivity index (χ4n) is 0.967. The van der Waals surface area contributed by atoms with Gasteiger partial charge in [0.05, 0.1) is 6.61 Å². The van der Waals surface area contributed by atoms with Crippen molar-refractivity contribution < 1.29 is 20.1 Å². The molecule has 59 valence electrons. The van der Waals surface area contributed by atoms with Crippen LogP contribution in [-0.2, 0) is 4.74 Å². The number of hydrogen-bond donors (Lipinski definition) is 3. The summed E-state index contributed by atoms with van der Waals surface area (Å²) in [6.07, 6.45) is -2.22. The molecule has 0 amide bonds. The summed E-state index contributed by atoms with van der Waals surface area (Å²) in [5, 5.41) is 26.7. The third kappa shape index (κ3) is 1.15. The van der Waals surface area contributed by atoms with Crippen LogP contribution in [0.15, 0.2) is 0 Å². The maximum atomic E-state index is 9.07.